The summed E-state index contributed by atoms with van der Waals surface area (Å²) < 4.78 is 13.4. The Balaban J connectivity index is 1.77. The summed E-state index contributed by atoms with van der Waals surface area (Å²) in [7, 11) is 1.88. The third-order valence-corrected chi connectivity index (χ3v) is 5.43. The molecular formula is C23H26FN3O. The highest BCUT2D eigenvalue weighted by molar-refractivity contribution is 5.79. The van der Waals surface area contributed by atoms with Gasteiger partial charge in [0, 0.05) is 0 Å². The van der Waals surface area contributed by atoms with Gasteiger partial charge in [-0.05, 0) is 43.1 Å². The van der Waals surface area contributed by atoms with Gasteiger partial charge >= 0.3 is 0 Å². The number of halogens is 1. The Kier molecular flexibility index (Phi) is 6.43. The molecule has 0 radical (unpaired) electrons. The number of amides is 1. The monoisotopic (exact) mass is 379 g/mol. The molecule has 1 aliphatic rings. The van der Waals surface area contributed by atoms with Gasteiger partial charge in [0.1, 0.15) is 11.4 Å². The molecule has 0 heterocycles. The van der Waals surface area contributed by atoms with Gasteiger partial charge in [0.05, 0.1) is 18.7 Å². The molecule has 1 aliphatic carbocycles. The molecular weight excluding hydrogens is 353 g/mol. The molecule has 3 rings (SSSR count). The number of carbonyl (C=O) groups is 1. The fourth-order valence-electron chi connectivity index (χ4n) is 4.03. The number of benzene rings is 2. The Morgan fingerprint density at radius 1 is 1.11 bits per heavy atom. The van der Waals surface area contributed by atoms with Crippen LogP contribution < -0.4 is 5.32 Å². The fourth-order valence-corrected chi connectivity index (χ4v) is 4.03. The quantitative estimate of drug-likeness (QED) is 0.819. The second kappa shape index (κ2) is 8.99. The molecule has 0 bridgehead atoms. The Morgan fingerprint density at radius 3 is 2.32 bits per heavy atom. The molecule has 0 aromatic heterocycles. The first-order chi connectivity index (χ1) is 13.5. The van der Waals surface area contributed by atoms with Gasteiger partial charge < -0.3 is 5.32 Å². The minimum atomic E-state index is -0.742. The van der Waals surface area contributed by atoms with Crippen LogP contribution in [0.25, 0.3) is 0 Å². The van der Waals surface area contributed by atoms with Crippen molar-refractivity contribution in [2.75, 3.05) is 13.6 Å². The molecule has 5 heteroatoms. The Bertz CT molecular complexity index is 823. The molecule has 0 unspecified atom stereocenters. The van der Waals surface area contributed by atoms with E-state index in [4.69, 9.17) is 0 Å². The second-order valence-electron chi connectivity index (χ2n) is 7.58. The van der Waals surface area contributed by atoms with Crippen molar-refractivity contribution >= 4 is 5.91 Å². The lowest BCUT2D eigenvalue weighted by molar-refractivity contribution is -0.124. The molecule has 0 aliphatic heterocycles. The van der Waals surface area contributed by atoms with Crippen LogP contribution >= 0.6 is 0 Å². The van der Waals surface area contributed by atoms with E-state index in [1.165, 1.54) is 12.1 Å². The van der Waals surface area contributed by atoms with E-state index >= 15 is 0 Å². The van der Waals surface area contributed by atoms with E-state index < -0.39 is 5.54 Å². The summed E-state index contributed by atoms with van der Waals surface area (Å²) in [6.07, 6.45) is 4.45. The molecule has 4 nitrogen and oxygen atoms in total. The van der Waals surface area contributed by atoms with Crippen molar-refractivity contribution in [2.45, 2.75) is 43.7 Å². The Hall–Kier alpha value is -2.71. The third kappa shape index (κ3) is 4.76. The van der Waals surface area contributed by atoms with Crippen LogP contribution in [0.3, 0.4) is 0 Å². The maximum atomic E-state index is 13.4. The maximum Gasteiger partial charge on any atom is 0.235 e. The van der Waals surface area contributed by atoms with Gasteiger partial charge in [0.2, 0.25) is 5.91 Å². The van der Waals surface area contributed by atoms with Crippen LogP contribution in [-0.4, -0.2) is 29.9 Å². The van der Waals surface area contributed by atoms with Crippen molar-refractivity contribution in [3.8, 4) is 6.07 Å². The van der Waals surface area contributed by atoms with Crippen molar-refractivity contribution in [1.82, 2.24) is 10.2 Å². The van der Waals surface area contributed by atoms with Crippen LogP contribution in [0.5, 0.6) is 0 Å². The zero-order valence-electron chi connectivity index (χ0n) is 16.2. The lowest BCUT2D eigenvalue weighted by Crippen LogP contribution is -2.51. The first-order valence-corrected chi connectivity index (χ1v) is 9.76. The van der Waals surface area contributed by atoms with Gasteiger partial charge in [-0.1, -0.05) is 61.7 Å². The van der Waals surface area contributed by atoms with Gasteiger partial charge in [0.15, 0.2) is 0 Å². The van der Waals surface area contributed by atoms with Crippen LogP contribution in [0.2, 0.25) is 0 Å². The fraction of sp³-hybridized carbons (Fsp3) is 0.391. The molecule has 2 aromatic rings. The molecule has 1 saturated carbocycles. The standard InChI is InChI=1S/C23H26FN3O/c1-27(16-21(28)26-23(17-25)14-6-3-7-15-23)22(18-8-4-2-5-9-18)19-10-12-20(24)13-11-19/h2,4-5,8-13,22H,3,6-7,14-16H2,1H3,(H,26,28)/t22-/m1/s1. The highest BCUT2D eigenvalue weighted by Gasteiger charge is 2.34. The van der Waals surface area contributed by atoms with Gasteiger partial charge in [0.25, 0.3) is 0 Å². The molecule has 1 atom stereocenters. The van der Waals surface area contributed by atoms with E-state index in [1.54, 1.807) is 12.1 Å². The highest BCUT2D eigenvalue weighted by Crippen LogP contribution is 2.29. The van der Waals surface area contributed by atoms with E-state index in [9.17, 15) is 14.4 Å². The number of nitriles is 1. The molecule has 146 valence electrons. The summed E-state index contributed by atoms with van der Waals surface area (Å²) in [4.78, 5) is 14.7. The summed E-state index contributed by atoms with van der Waals surface area (Å²) >= 11 is 0. The summed E-state index contributed by atoms with van der Waals surface area (Å²) in [6, 6.07) is 18.4. The van der Waals surface area contributed by atoms with Crippen LogP contribution in [0.1, 0.15) is 49.3 Å². The molecule has 1 fully saturated rings. The number of hydrogen-bond acceptors (Lipinski definition) is 3. The molecule has 0 saturated heterocycles. The average Bonchev–Trinajstić information content (AvgIpc) is 2.71. The normalized spacial score (nSPS) is 16.9. The van der Waals surface area contributed by atoms with Crippen LogP contribution in [0.4, 0.5) is 4.39 Å². The van der Waals surface area contributed by atoms with E-state index in [1.807, 2.05) is 42.3 Å². The van der Waals surface area contributed by atoms with Crippen molar-refractivity contribution in [1.29, 1.82) is 5.26 Å². The number of nitrogens with one attached hydrogen (secondary N) is 1. The van der Waals surface area contributed by atoms with Crippen LogP contribution in [-0.2, 0) is 4.79 Å². The third-order valence-electron chi connectivity index (χ3n) is 5.43. The van der Waals surface area contributed by atoms with Crippen molar-refractivity contribution in [3.05, 3.63) is 71.5 Å². The Morgan fingerprint density at radius 2 is 1.71 bits per heavy atom. The molecule has 1 N–H and O–H groups in total. The molecule has 2 aromatic carbocycles. The zero-order chi connectivity index (χ0) is 20.0. The molecule has 0 spiro atoms. The van der Waals surface area contributed by atoms with Crippen molar-refractivity contribution < 1.29 is 9.18 Å². The van der Waals surface area contributed by atoms with E-state index in [2.05, 4.69) is 11.4 Å². The highest BCUT2D eigenvalue weighted by atomic mass is 19.1. The topological polar surface area (TPSA) is 56.1 Å². The van der Waals surface area contributed by atoms with Gasteiger partial charge in [-0.25, -0.2) is 4.39 Å². The minimum absolute atomic E-state index is 0.153. The van der Waals surface area contributed by atoms with Crippen molar-refractivity contribution in [2.24, 2.45) is 0 Å². The van der Waals surface area contributed by atoms with E-state index in [0.717, 1.165) is 30.4 Å². The van der Waals surface area contributed by atoms with Gasteiger partial charge in [-0.2, -0.15) is 5.26 Å². The Labute approximate surface area is 166 Å². The maximum absolute atomic E-state index is 13.4. The predicted octanol–water partition coefficient (Wildman–Crippen LogP) is 4.19. The second-order valence-corrected chi connectivity index (χ2v) is 7.58. The SMILES string of the molecule is CN(CC(=O)NC1(C#N)CCCCC1)[C@H](c1ccccc1)c1ccc(F)cc1. The number of rotatable bonds is 6. The molecule has 1 amide bonds. The number of likely N-dealkylation sites (N-methyl/N-ethyl adjacent to an activating group) is 1. The summed E-state index contributed by atoms with van der Waals surface area (Å²) in [6.45, 7) is 0.153. The number of hydrogen-bond donors (Lipinski definition) is 1. The van der Waals surface area contributed by atoms with E-state index in [-0.39, 0.29) is 24.3 Å². The first kappa shape index (κ1) is 20.0. The average molecular weight is 379 g/mol. The lowest BCUT2D eigenvalue weighted by Gasteiger charge is -2.33. The largest absolute Gasteiger partial charge is 0.337 e. The predicted molar refractivity (Wildman–Crippen MR) is 107 cm³/mol. The molecule has 28 heavy (non-hydrogen) atoms. The smallest absolute Gasteiger partial charge is 0.235 e. The number of nitrogens with zero attached hydrogens (tertiary/aromatic N) is 2. The van der Waals surface area contributed by atoms with E-state index in [0.29, 0.717) is 12.8 Å². The summed E-state index contributed by atoms with van der Waals surface area (Å²) in [5, 5.41) is 12.6. The van der Waals surface area contributed by atoms with Crippen LogP contribution in [0.15, 0.2) is 54.6 Å². The summed E-state index contributed by atoms with van der Waals surface area (Å²) in [5.41, 5.74) is 1.20. The first-order valence-electron chi connectivity index (χ1n) is 9.76. The van der Waals surface area contributed by atoms with Gasteiger partial charge in [-0.15, -0.1) is 0 Å². The minimum Gasteiger partial charge on any atom is -0.337 e. The van der Waals surface area contributed by atoms with Gasteiger partial charge in [-0.3, -0.25) is 9.69 Å². The number of carbonyl (C=O) groups excluding carboxylic acids is 1. The van der Waals surface area contributed by atoms with Crippen LogP contribution in [0, 0.1) is 17.1 Å². The lowest BCUT2D eigenvalue weighted by atomic mass is 9.83. The van der Waals surface area contributed by atoms with Crippen molar-refractivity contribution in [3.63, 3.8) is 0 Å². The summed E-state index contributed by atoms with van der Waals surface area (Å²) in [5.74, 6) is -0.446. The zero-order valence-corrected chi connectivity index (χ0v) is 16.2.